The quantitative estimate of drug-likeness (QED) is 0.449. The van der Waals surface area contributed by atoms with Crippen molar-refractivity contribution in [1.82, 2.24) is 25.5 Å². The SMILES string of the molecule is CCNC(=O)[C@H](C)NC(=O)CSc1nnc(-c2ccc(OC)cc2)n1N. The third kappa shape index (κ3) is 4.88. The number of benzene rings is 1. The second-order valence-electron chi connectivity index (χ2n) is 5.38. The van der Waals surface area contributed by atoms with Crippen LogP contribution >= 0.6 is 11.8 Å². The fraction of sp³-hybridized carbons (Fsp3) is 0.375. The Morgan fingerprint density at radius 1 is 1.31 bits per heavy atom. The van der Waals surface area contributed by atoms with Crippen LogP contribution < -0.4 is 21.2 Å². The molecule has 1 aromatic heterocycles. The number of carbonyl (C=O) groups excluding carboxylic acids is 2. The molecule has 10 heteroatoms. The van der Waals surface area contributed by atoms with E-state index in [1.165, 1.54) is 4.68 Å². The summed E-state index contributed by atoms with van der Waals surface area (Å²) < 4.78 is 6.44. The number of nitrogens with zero attached hydrogens (tertiary/aromatic N) is 3. The lowest BCUT2D eigenvalue weighted by atomic mass is 10.2. The normalized spacial score (nSPS) is 11.7. The predicted octanol–water partition coefficient (Wildman–Crippen LogP) is 0.400. The maximum atomic E-state index is 12.0. The first kappa shape index (κ1) is 19.6. The molecule has 1 heterocycles. The van der Waals surface area contributed by atoms with E-state index < -0.39 is 6.04 Å². The lowest BCUT2D eigenvalue weighted by Gasteiger charge is -2.12. The lowest BCUT2D eigenvalue weighted by Crippen LogP contribution is -2.45. The number of likely N-dealkylation sites (N-methyl/N-ethyl adjacent to an activating group) is 1. The zero-order valence-corrected chi connectivity index (χ0v) is 15.7. The fourth-order valence-corrected chi connectivity index (χ4v) is 2.79. The van der Waals surface area contributed by atoms with Gasteiger partial charge >= 0.3 is 0 Å². The Balaban J connectivity index is 1.95. The smallest absolute Gasteiger partial charge is 0.242 e. The number of nitrogens with two attached hydrogens (primary N) is 1. The predicted molar refractivity (Wildman–Crippen MR) is 99.2 cm³/mol. The molecule has 2 amide bonds. The van der Waals surface area contributed by atoms with Crippen LogP contribution in [0.5, 0.6) is 5.75 Å². The van der Waals surface area contributed by atoms with Crippen LogP contribution in [0.4, 0.5) is 0 Å². The van der Waals surface area contributed by atoms with E-state index in [1.807, 2.05) is 19.1 Å². The van der Waals surface area contributed by atoms with Crippen LogP contribution in [-0.4, -0.2) is 52.1 Å². The van der Waals surface area contributed by atoms with Gasteiger partial charge in [0.05, 0.1) is 12.9 Å². The van der Waals surface area contributed by atoms with Crippen molar-refractivity contribution in [2.45, 2.75) is 25.0 Å². The van der Waals surface area contributed by atoms with Crippen LogP contribution in [0, 0.1) is 0 Å². The third-order valence-corrected chi connectivity index (χ3v) is 4.41. The number of thioether (sulfide) groups is 1. The van der Waals surface area contributed by atoms with E-state index in [9.17, 15) is 9.59 Å². The number of methoxy groups -OCH3 is 1. The minimum atomic E-state index is -0.603. The first-order chi connectivity index (χ1) is 12.5. The van der Waals surface area contributed by atoms with Crippen LogP contribution in [0.2, 0.25) is 0 Å². The second-order valence-corrected chi connectivity index (χ2v) is 6.32. The van der Waals surface area contributed by atoms with Crippen LogP contribution in [0.15, 0.2) is 29.4 Å². The minimum Gasteiger partial charge on any atom is -0.497 e. The summed E-state index contributed by atoms with van der Waals surface area (Å²) in [5.41, 5.74) is 0.780. The molecule has 4 N–H and O–H groups in total. The number of amides is 2. The molecule has 26 heavy (non-hydrogen) atoms. The van der Waals surface area contributed by atoms with Gasteiger partial charge in [0.25, 0.3) is 0 Å². The van der Waals surface area contributed by atoms with Gasteiger partial charge < -0.3 is 21.2 Å². The maximum Gasteiger partial charge on any atom is 0.242 e. The standard InChI is InChI=1S/C16H22N6O3S/c1-4-18-15(24)10(2)19-13(23)9-26-16-21-20-14(22(16)17)11-5-7-12(25-3)8-6-11/h5-8,10H,4,9,17H2,1-3H3,(H,18,24)(H,19,23)/t10-/m0/s1. The van der Waals surface area contributed by atoms with E-state index in [2.05, 4.69) is 20.8 Å². The Morgan fingerprint density at radius 2 is 2.00 bits per heavy atom. The van der Waals surface area contributed by atoms with Crippen molar-refractivity contribution in [3.8, 4) is 17.1 Å². The number of ether oxygens (including phenoxy) is 1. The summed E-state index contributed by atoms with van der Waals surface area (Å²) >= 11 is 1.14. The Kier molecular flexibility index (Phi) is 6.84. The van der Waals surface area contributed by atoms with Gasteiger partial charge in [0.15, 0.2) is 5.82 Å². The Morgan fingerprint density at radius 3 is 2.62 bits per heavy atom. The molecule has 0 radical (unpaired) electrons. The minimum absolute atomic E-state index is 0.0711. The van der Waals surface area contributed by atoms with E-state index >= 15 is 0 Å². The molecule has 2 rings (SSSR count). The number of rotatable bonds is 8. The molecule has 0 bridgehead atoms. The first-order valence-corrected chi connectivity index (χ1v) is 8.99. The molecule has 0 fully saturated rings. The van der Waals surface area contributed by atoms with Gasteiger partial charge in [0.1, 0.15) is 11.8 Å². The van der Waals surface area contributed by atoms with Crippen LogP contribution in [-0.2, 0) is 9.59 Å². The Hall–Kier alpha value is -2.75. The van der Waals surface area contributed by atoms with Gasteiger partial charge in [-0.25, -0.2) is 4.68 Å². The molecule has 0 aliphatic carbocycles. The van der Waals surface area contributed by atoms with Gasteiger partial charge in [-0.05, 0) is 38.1 Å². The molecule has 1 atom stereocenters. The number of hydrogen-bond donors (Lipinski definition) is 3. The molecule has 0 saturated carbocycles. The molecule has 9 nitrogen and oxygen atoms in total. The monoisotopic (exact) mass is 378 g/mol. The Bertz CT molecular complexity index is 762. The summed E-state index contributed by atoms with van der Waals surface area (Å²) in [5.74, 6) is 6.78. The molecule has 0 saturated heterocycles. The summed E-state index contributed by atoms with van der Waals surface area (Å²) in [4.78, 5) is 23.6. The summed E-state index contributed by atoms with van der Waals surface area (Å²) in [6.07, 6.45) is 0. The molecule has 0 aliphatic heterocycles. The highest BCUT2D eigenvalue weighted by atomic mass is 32.2. The molecular weight excluding hydrogens is 356 g/mol. The highest BCUT2D eigenvalue weighted by molar-refractivity contribution is 7.99. The van der Waals surface area contributed by atoms with Gasteiger partial charge in [-0.3, -0.25) is 9.59 Å². The summed E-state index contributed by atoms with van der Waals surface area (Å²) in [6.45, 7) is 3.95. The van der Waals surface area contributed by atoms with Gasteiger partial charge in [-0.15, -0.1) is 10.2 Å². The van der Waals surface area contributed by atoms with E-state index in [4.69, 9.17) is 10.6 Å². The zero-order valence-electron chi connectivity index (χ0n) is 14.9. The molecule has 1 aromatic carbocycles. The molecule has 0 unspecified atom stereocenters. The number of carbonyl (C=O) groups is 2. The average Bonchev–Trinajstić information content (AvgIpc) is 3.00. The number of aromatic nitrogens is 3. The van der Waals surface area contributed by atoms with Crippen molar-refractivity contribution >= 4 is 23.6 Å². The maximum absolute atomic E-state index is 12.0. The number of hydrogen-bond acceptors (Lipinski definition) is 7. The van der Waals surface area contributed by atoms with E-state index in [0.29, 0.717) is 17.5 Å². The topological polar surface area (TPSA) is 124 Å². The molecule has 2 aromatic rings. The van der Waals surface area contributed by atoms with Crippen molar-refractivity contribution in [1.29, 1.82) is 0 Å². The highest BCUT2D eigenvalue weighted by Crippen LogP contribution is 2.23. The first-order valence-electron chi connectivity index (χ1n) is 8.01. The van der Waals surface area contributed by atoms with Gasteiger partial charge in [0.2, 0.25) is 17.0 Å². The largest absolute Gasteiger partial charge is 0.497 e. The second kappa shape index (κ2) is 9.09. The van der Waals surface area contributed by atoms with Crippen molar-refractivity contribution in [3.63, 3.8) is 0 Å². The van der Waals surface area contributed by atoms with E-state index in [1.54, 1.807) is 26.2 Å². The van der Waals surface area contributed by atoms with Crippen molar-refractivity contribution in [2.75, 3.05) is 25.3 Å². The fourth-order valence-electron chi connectivity index (χ4n) is 2.12. The Labute approximate surface area is 155 Å². The van der Waals surface area contributed by atoms with Crippen LogP contribution in [0.25, 0.3) is 11.4 Å². The highest BCUT2D eigenvalue weighted by Gasteiger charge is 2.17. The number of nitrogen functional groups attached to an aromatic ring is 1. The lowest BCUT2D eigenvalue weighted by molar-refractivity contribution is -0.127. The van der Waals surface area contributed by atoms with Crippen molar-refractivity contribution < 1.29 is 14.3 Å². The van der Waals surface area contributed by atoms with Crippen LogP contribution in [0.1, 0.15) is 13.8 Å². The summed E-state index contributed by atoms with van der Waals surface area (Å²) in [7, 11) is 1.59. The molecule has 140 valence electrons. The third-order valence-electron chi connectivity index (χ3n) is 3.47. The van der Waals surface area contributed by atoms with Crippen molar-refractivity contribution in [2.24, 2.45) is 0 Å². The van der Waals surface area contributed by atoms with Crippen molar-refractivity contribution in [3.05, 3.63) is 24.3 Å². The summed E-state index contributed by atoms with van der Waals surface area (Å²) in [6, 6.07) is 6.64. The summed E-state index contributed by atoms with van der Waals surface area (Å²) in [5, 5.41) is 13.7. The average molecular weight is 378 g/mol. The van der Waals surface area contributed by atoms with Gasteiger partial charge in [-0.2, -0.15) is 0 Å². The van der Waals surface area contributed by atoms with E-state index in [-0.39, 0.29) is 17.6 Å². The zero-order chi connectivity index (χ0) is 19.1. The van der Waals surface area contributed by atoms with Crippen LogP contribution in [0.3, 0.4) is 0 Å². The number of nitrogens with one attached hydrogen (secondary N) is 2. The van der Waals surface area contributed by atoms with Gasteiger partial charge in [-0.1, -0.05) is 11.8 Å². The molecular formula is C16H22N6O3S. The van der Waals surface area contributed by atoms with Gasteiger partial charge in [0, 0.05) is 12.1 Å². The molecule has 0 aliphatic rings. The molecule has 0 spiro atoms. The van der Waals surface area contributed by atoms with E-state index in [0.717, 1.165) is 23.1 Å².